The van der Waals surface area contributed by atoms with Crippen molar-refractivity contribution in [3.8, 4) is 0 Å². The van der Waals surface area contributed by atoms with Gasteiger partial charge in [0.05, 0.1) is 6.10 Å². The molecule has 0 aromatic carbocycles. The third kappa shape index (κ3) is 6.49. The minimum atomic E-state index is -0.472. The first-order valence-corrected chi connectivity index (χ1v) is 9.21. The zero-order valence-corrected chi connectivity index (χ0v) is 15.0. The topological polar surface area (TPSA) is 70.6 Å². The highest BCUT2D eigenvalue weighted by Crippen LogP contribution is 2.21. The number of nitrogens with one attached hydrogen (secondary N) is 2. The second-order valence-electron chi connectivity index (χ2n) is 7.19. The highest BCUT2D eigenvalue weighted by molar-refractivity contribution is 7.07. The van der Waals surface area contributed by atoms with Crippen LogP contribution in [0.25, 0.3) is 0 Å². The van der Waals surface area contributed by atoms with E-state index in [2.05, 4.69) is 10.6 Å². The SMILES string of the molecule is CC(C)(C)OC(=O)NC1CCCC(NCC(O)c2ccsc2)C1. The van der Waals surface area contributed by atoms with Gasteiger partial charge in [0.25, 0.3) is 0 Å². The first-order chi connectivity index (χ1) is 10.8. The lowest BCUT2D eigenvalue weighted by Gasteiger charge is -2.31. The number of amides is 1. The predicted molar refractivity (Wildman–Crippen MR) is 92.7 cm³/mol. The maximum absolute atomic E-state index is 11.9. The summed E-state index contributed by atoms with van der Waals surface area (Å²) < 4.78 is 5.31. The fourth-order valence-electron chi connectivity index (χ4n) is 2.84. The number of alkyl carbamates (subject to hydrolysis) is 1. The van der Waals surface area contributed by atoms with Gasteiger partial charge in [0.1, 0.15) is 5.60 Å². The summed E-state index contributed by atoms with van der Waals surface area (Å²) >= 11 is 1.59. The van der Waals surface area contributed by atoms with Gasteiger partial charge >= 0.3 is 6.09 Å². The van der Waals surface area contributed by atoms with E-state index in [1.54, 1.807) is 11.3 Å². The van der Waals surface area contributed by atoms with Crippen LogP contribution in [0, 0.1) is 0 Å². The molecule has 0 aliphatic heterocycles. The monoisotopic (exact) mass is 340 g/mol. The van der Waals surface area contributed by atoms with Crippen molar-refractivity contribution in [2.45, 2.75) is 70.2 Å². The smallest absolute Gasteiger partial charge is 0.407 e. The van der Waals surface area contributed by atoms with Crippen LogP contribution in [-0.4, -0.2) is 35.4 Å². The molecule has 1 heterocycles. The third-order valence-electron chi connectivity index (χ3n) is 3.92. The number of carbonyl (C=O) groups is 1. The number of aliphatic hydroxyl groups is 1. The molecule has 23 heavy (non-hydrogen) atoms. The molecule has 0 saturated heterocycles. The molecular weight excluding hydrogens is 312 g/mol. The van der Waals surface area contributed by atoms with Crippen LogP contribution < -0.4 is 10.6 Å². The molecule has 1 aromatic heterocycles. The van der Waals surface area contributed by atoms with Crippen molar-refractivity contribution in [1.29, 1.82) is 0 Å². The fraction of sp³-hybridized carbons (Fsp3) is 0.706. The Labute approximate surface area is 142 Å². The van der Waals surface area contributed by atoms with Gasteiger partial charge in [-0.1, -0.05) is 0 Å². The van der Waals surface area contributed by atoms with E-state index in [0.29, 0.717) is 12.6 Å². The standard InChI is InChI=1S/C17H28N2O3S/c1-17(2,3)22-16(21)19-14-6-4-5-13(9-14)18-10-15(20)12-7-8-23-11-12/h7-8,11,13-15,18,20H,4-6,9-10H2,1-3H3,(H,19,21). The van der Waals surface area contributed by atoms with E-state index >= 15 is 0 Å². The molecule has 0 bridgehead atoms. The van der Waals surface area contributed by atoms with E-state index < -0.39 is 11.7 Å². The Morgan fingerprint density at radius 2 is 2.17 bits per heavy atom. The van der Waals surface area contributed by atoms with E-state index in [1.807, 2.05) is 37.6 Å². The molecule has 1 aliphatic carbocycles. The number of hydrogen-bond acceptors (Lipinski definition) is 5. The van der Waals surface area contributed by atoms with Gasteiger partial charge in [-0.25, -0.2) is 4.79 Å². The summed E-state index contributed by atoms with van der Waals surface area (Å²) in [6.07, 6.45) is 3.16. The molecule has 6 heteroatoms. The van der Waals surface area contributed by atoms with E-state index in [9.17, 15) is 9.90 Å². The number of carbonyl (C=O) groups excluding carboxylic acids is 1. The number of rotatable bonds is 5. The molecule has 1 amide bonds. The average Bonchev–Trinajstić information content (AvgIpc) is 2.97. The zero-order valence-electron chi connectivity index (χ0n) is 14.2. The maximum atomic E-state index is 11.9. The number of hydrogen-bond donors (Lipinski definition) is 3. The number of ether oxygens (including phenoxy) is 1. The van der Waals surface area contributed by atoms with Gasteiger partial charge in [-0.15, -0.1) is 0 Å². The van der Waals surface area contributed by atoms with Gasteiger partial charge in [0, 0.05) is 18.6 Å². The summed E-state index contributed by atoms with van der Waals surface area (Å²) in [6, 6.07) is 2.40. The van der Waals surface area contributed by atoms with Gasteiger partial charge < -0.3 is 20.5 Å². The molecule has 0 spiro atoms. The summed E-state index contributed by atoms with van der Waals surface area (Å²) in [5, 5.41) is 20.5. The normalized spacial score (nSPS) is 23.3. The molecule has 5 nitrogen and oxygen atoms in total. The molecule has 1 aliphatic rings. The third-order valence-corrected chi connectivity index (χ3v) is 4.62. The highest BCUT2D eigenvalue weighted by Gasteiger charge is 2.25. The van der Waals surface area contributed by atoms with Crippen molar-refractivity contribution in [2.75, 3.05) is 6.54 Å². The van der Waals surface area contributed by atoms with Crippen LogP contribution >= 0.6 is 11.3 Å². The van der Waals surface area contributed by atoms with Gasteiger partial charge in [0.15, 0.2) is 0 Å². The molecule has 1 aromatic rings. The molecule has 0 radical (unpaired) electrons. The Balaban J connectivity index is 1.74. The lowest BCUT2D eigenvalue weighted by molar-refractivity contribution is 0.0487. The van der Waals surface area contributed by atoms with Gasteiger partial charge in [-0.05, 0) is 68.8 Å². The van der Waals surface area contributed by atoms with E-state index in [1.165, 1.54) is 0 Å². The van der Waals surface area contributed by atoms with Gasteiger partial charge in [-0.2, -0.15) is 11.3 Å². The highest BCUT2D eigenvalue weighted by atomic mass is 32.1. The first kappa shape index (κ1) is 18.2. The van der Waals surface area contributed by atoms with Gasteiger partial charge in [-0.3, -0.25) is 0 Å². The molecular formula is C17H28N2O3S. The van der Waals surface area contributed by atoms with Gasteiger partial charge in [0.2, 0.25) is 0 Å². The van der Waals surface area contributed by atoms with Crippen molar-refractivity contribution in [3.63, 3.8) is 0 Å². The molecule has 1 fully saturated rings. The Morgan fingerprint density at radius 1 is 1.43 bits per heavy atom. The molecule has 3 unspecified atom stereocenters. The summed E-state index contributed by atoms with van der Waals surface area (Å²) in [4.78, 5) is 11.9. The average molecular weight is 340 g/mol. The molecule has 3 N–H and O–H groups in total. The molecule has 1 saturated carbocycles. The number of aliphatic hydroxyl groups excluding tert-OH is 1. The van der Waals surface area contributed by atoms with Crippen LogP contribution in [0.4, 0.5) is 4.79 Å². The van der Waals surface area contributed by atoms with E-state index in [-0.39, 0.29) is 12.1 Å². The first-order valence-electron chi connectivity index (χ1n) is 8.26. The minimum Gasteiger partial charge on any atom is -0.444 e. The second-order valence-corrected chi connectivity index (χ2v) is 7.97. The number of thiophene rings is 1. The van der Waals surface area contributed by atoms with Crippen molar-refractivity contribution in [1.82, 2.24) is 10.6 Å². The fourth-order valence-corrected chi connectivity index (χ4v) is 3.55. The summed E-state index contributed by atoms with van der Waals surface area (Å²) in [7, 11) is 0. The Hall–Kier alpha value is -1.11. The van der Waals surface area contributed by atoms with Crippen molar-refractivity contribution in [2.24, 2.45) is 0 Å². The largest absolute Gasteiger partial charge is 0.444 e. The van der Waals surface area contributed by atoms with Crippen molar-refractivity contribution >= 4 is 17.4 Å². The van der Waals surface area contributed by atoms with E-state index in [4.69, 9.17) is 4.74 Å². The van der Waals surface area contributed by atoms with Crippen LogP contribution in [0.2, 0.25) is 0 Å². The Bertz CT molecular complexity index is 485. The van der Waals surface area contributed by atoms with Crippen LogP contribution in [0.5, 0.6) is 0 Å². The molecule has 3 atom stereocenters. The lowest BCUT2D eigenvalue weighted by atomic mass is 9.91. The minimum absolute atomic E-state index is 0.134. The lowest BCUT2D eigenvalue weighted by Crippen LogP contribution is -2.46. The van der Waals surface area contributed by atoms with Crippen LogP contribution in [0.15, 0.2) is 16.8 Å². The van der Waals surface area contributed by atoms with Crippen molar-refractivity contribution in [3.05, 3.63) is 22.4 Å². The quantitative estimate of drug-likeness (QED) is 0.770. The second kappa shape index (κ2) is 8.13. The Kier molecular flexibility index (Phi) is 6.44. The summed E-state index contributed by atoms with van der Waals surface area (Å²) in [5.41, 5.74) is 0.489. The summed E-state index contributed by atoms with van der Waals surface area (Å²) in [6.45, 7) is 6.14. The van der Waals surface area contributed by atoms with Crippen molar-refractivity contribution < 1.29 is 14.6 Å². The van der Waals surface area contributed by atoms with Crippen LogP contribution in [0.1, 0.15) is 58.1 Å². The zero-order chi connectivity index (χ0) is 16.9. The van der Waals surface area contributed by atoms with E-state index in [0.717, 1.165) is 31.2 Å². The maximum Gasteiger partial charge on any atom is 0.407 e. The molecule has 130 valence electrons. The predicted octanol–water partition coefficient (Wildman–Crippen LogP) is 3.21. The molecule has 2 rings (SSSR count). The summed E-state index contributed by atoms with van der Waals surface area (Å²) in [5.74, 6) is 0. The van der Waals surface area contributed by atoms with Crippen LogP contribution in [0.3, 0.4) is 0 Å². The Morgan fingerprint density at radius 3 is 2.83 bits per heavy atom. The van der Waals surface area contributed by atoms with Crippen LogP contribution in [-0.2, 0) is 4.74 Å².